The summed E-state index contributed by atoms with van der Waals surface area (Å²) in [6, 6.07) is 0. The summed E-state index contributed by atoms with van der Waals surface area (Å²) >= 11 is 0.997. The van der Waals surface area contributed by atoms with Crippen molar-refractivity contribution in [2.24, 2.45) is 5.92 Å². The lowest BCUT2D eigenvalue weighted by molar-refractivity contribution is 0.336. The Labute approximate surface area is 102 Å². The minimum atomic E-state index is -3.43. The van der Waals surface area contributed by atoms with Crippen molar-refractivity contribution < 1.29 is 14.0 Å². The third kappa shape index (κ3) is 8.56. The monoisotopic (exact) mass is 270 g/mol. The van der Waals surface area contributed by atoms with Gasteiger partial charge in [0, 0.05) is 12.9 Å². The lowest BCUT2D eigenvalue weighted by atomic mass is 10.2. The van der Waals surface area contributed by atoms with Crippen molar-refractivity contribution in [2.45, 2.75) is 13.8 Å². The average molecular weight is 270 g/mol. The van der Waals surface area contributed by atoms with Gasteiger partial charge < -0.3 is 20.1 Å². The quantitative estimate of drug-likeness (QED) is 0.520. The van der Waals surface area contributed by atoms with E-state index < -0.39 is 6.80 Å². The highest BCUT2D eigenvalue weighted by molar-refractivity contribution is 8.54. The Morgan fingerprint density at radius 3 is 2.19 bits per heavy atom. The fourth-order valence-corrected chi connectivity index (χ4v) is 3.39. The molecule has 0 saturated heterocycles. The van der Waals surface area contributed by atoms with Crippen LogP contribution in [-0.2, 0) is 9.09 Å². The third-order valence-corrected chi connectivity index (χ3v) is 5.35. The lowest BCUT2D eigenvalue weighted by Gasteiger charge is -2.18. The zero-order valence-corrected chi connectivity index (χ0v) is 11.9. The molecule has 0 heterocycles. The fraction of sp³-hybridized carbons (Fsp3) is 1.00. The summed E-state index contributed by atoms with van der Waals surface area (Å²) in [5, 5.41) is 6.49. The van der Waals surface area contributed by atoms with Crippen molar-refractivity contribution in [3.63, 3.8) is 0 Å². The average Bonchev–Trinajstić information content (AvgIpc) is 2.28. The molecule has 0 bridgehead atoms. The summed E-state index contributed by atoms with van der Waals surface area (Å²) in [5.74, 6) is 0.947. The highest BCUT2D eigenvalue weighted by Crippen LogP contribution is 2.55. The normalized spacial score (nSPS) is 15.3. The molecular formula is C9H23N2O3PS. The summed E-state index contributed by atoms with van der Waals surface area (Å²) in [5.41, 5.74) is 0. The van der Waals surface area contributed by atoms with Gasteiger partial charge in [-0.15, -0.1) is 0 Å². The van der Waals surface area contributed by atoms with E-state index in [1.165, 1.54) is 7.11 Å². The van der Waals surface area contributed by atoms with E-state index in [9.17, 15) is 9.46 Å². The Morgan fingerprint density at radius 1 is 1.31 bits per heavy atom. The van der Waals surface area contributed by atoms with Gasteiger partial charge in [-0.3, -0.25) is 0 Å². The lowest BCUT2D eigenvalue weighted by Crippen LogP contribution is -2.32. The molecule has 1 atom stereocenters. The van der Waals surface area contributed by atoms with Gasteiger partial charge in [0.15, 0.2) is 0 Å². The van der Waals surface area contributed by atoms with E-state index in [2.05, 4.69) is 15.2 Å². The van der Waals surface area contributed by atoms with Crippen LogP contribution >= 0.6 is 18.2 Å². The van der Waals surface area contributed by atoms with Crippen LogP contribution in [0.1, 0.15) is 13.8 Å². The van der Waals surface area contributed by atoms with Crippen molar-refractivity contribution in [1.29, 1.82) is 0 Å². The summed E-state index contributed by atoms with van der Waals surface area (Å²) < 4.78 is 15.8. The molecule has 5 nitrogen and oxygen atoms in total. The second kappa shape index (κ2) is 9.45. The van der Waals surface area contributed by atoms with Gasteiger partial charge >= 0.3 is 6.80 Å². The van der Waals surface area contributed by atoms with Crippen LogP contribution in [0.15, 0.2) is 0 Å². The topological polar surface area (TPSA) is 70.6 Å². The molecule has 0 amide bonds. The van der Waals surface area contributed by atoms with Crippen molar-refractivity contribution in [3.05, 3.63) is 0 Å². The minimum Gasteiger partial charge on any atom is -0.317 e. The minimum absolute atomic E-state index is 0.334. The first kappa shape index (κ1) is 16.4. The van der Waals surface area contributed by atoms with Crippen molar-refractivity contribution in [3.8, 4) is 0 Å². The molecule has 0 aliphatic carbocycles. The molecule has 0 saturated carbocycles. The molecule has 0 aromatic carbocycles. The largest absolute Gasteiger partial charge is 0.386 e. The van der Waals surface area contributed by atoms with Crippen LogP contribution in [0, 0.1) is 5.92 Å². The molecule has 0 radical (unpaired) electrons. The van der Waals surface area contributed by atoms with Gasteiger partial charge in [0.2, 0.25) is 0 Å². The van der Waals surface area contributed by atoms with E-state index in [1.807, 2.05) is 13.8 Å². The van der Waals surface area contributed by atoms with E-state index in [4.69, 9.17) is 0 Å². The molecule has 0 aliphatic heterocycles. The Balaban J connectivity index is 3.94. The van der Waals surface area contributed by atoms with Gasteiger partial charge in [0.25, 0.3) is 0 Å². The van der Waals surface area contributed by atoms with E-state index in [-0.39, 0.29) is 0 Å². The molecule has 0 spiro atoms. The Kier molecular flexibility index (Phi) is 9.70. The van der Waals surface area contributed by atoms with E-state index in [0.717, 1.165) is 37.6 Å². The second-order valence-electron chi connectivity index (χ2n) is 3.43. The molecular weight excluding hydrogens is 247 g/mol. The first-order chi connectivity index (χ1) is 7.55. The molecule has 0 rings (SSSR count). The van der Waals surface area contributed by atoms with Crippen LogP contribution in [0.2, 0.25) is 0 Å². The predicted octanol–water partition coefficient (Wildman–Crippen LogP) is 1.30. The number of nitrogens with one attached hydrogen (secondary N) is 2. The first-order valence-corrected chi connectivity index (χ1v) is 8.67. The molecule has 16 heavy (non-hydrogen) atoms. The Hall–Kier alpha value is 0.420. The number of hydrogen-bond donors (Lipinski definition) is 3. The van der Waals surface area contributed by atoms with Gasteiger partial charge in [-0.1, -0.05) is 13.8 Å². The van der Waals surface area contributed by atoms with E-state index >= 15 is 0 Å². The standard InChI is InChI=1S/C9H23N2O3PS/c1-4-10-6-9(7-11-5-2)8-16-15(12,13)14-3/h9-11H,4-8H2,1-3H3,(H,12,13). The van der Waals surface area contributed by atoms with Crippen LogP contribution in [0.25, 0.3) is 0 Å². The molecule has 0 aliphatic rings. The van der Waals surface area contributed by atoms with Crippen LogP contribution in [0.4, 0.5) is 0 Å². The molecule has 0 fully saturated rings. The van der Waals surface area contributed by atoms with Crippen LogP contribution in [-0.4, -0.2) is 43.9 Å². The molecule has 0 aromatic rings. The maximum absolute atomic E-state index is 11.3. The van der Waals surface area contributed by atoms with Gasteiger partial charge in [-0.2, -0.15) is 0 Å². The van der Waals surface area contributed by atoms with Gasteiger partial charge in [-0.25, -0.2) is 4.57 Å². The molecule has 3 N–H and O–H groups in total. The zero-order valence-electron chi connectivity index (χ0n) is 10.2. The van der Waals surface area contributed by atoms with E-state index in [0.29, 0.717) is 11.7 Å². The van der Waals surface area contributed by atoms with Crippen molar-refractivity contribution in [1.82, 2.24) is 10.6 Å². The maximum atomic E-state index is 11.3. The van der Waals surface area contributed by atoms with Crippen LogP contribution in [0.5, 0.6) is 0 Å². The number of rotatable bonds is 10. The summed E-state index contributed by atoms with van der Waals surface area (Å²) in [6.07, 6.45) is 0. The smallest absolute Gasteiger partial charge is 0.317 e. The SMILES string of the molecule is CCNCC(CNCC)CSP(=O)(O)OC. The summed E-state index contributed by atoms with van der Waals surface area (Å²) in [6.45, 7) is 4.18. The van der Waals surface area contributed by atoms with Crippen molar-refractivity contribution in [2.75, 3.05) is 39.0 Å². The molecule has 0 aromatic heterocycles. The third-order valence-electron chi connectivity index (χ3n) is 2.07. The highest BCUT2D eigenvalue weighted by Gasteiger charge is 2.20. The molecule has 1 unspecified atom stereocenters. The summed E-state index contributed by atoms with van der Waals surface area (Å²) in [7, 11) is 1.26. The molecule has 7 heteroatoms. The Morgan fingerprint density at radius 2 is 1.81 bits per heavy atom. The maximum Gasteiger partial charge on any atom is 0.386 e. The Bertz CT molecular complexity index is 211. The highest BCUT2D eigenvalue weighted by atomic mass is 32.7. The zero-order chi connectivity index (χ0) is 12.4. The predicted molar refractivity (Wildman–Crippen MR) is 69.9 cm³/mol. The van der Waals surface area contributed by atoms with Crippen LogP contribution < -0.4 is 10.6 Å². The second-order valence-corrected chi connectivity index (χ2v) is 7.48. The van der Waals surface area contributed by atoms with Gasteiger partial charge in [0.1, 0.15) is 0 Å². The van der Waals surface area contributed by atoms with Crippen molar-refractivity contribution >= 4 is 18.2 Å². The fourth-order valence-electron chi connectivity index (χ4n) is 1.14. The van der Waals surface area contributed by atoms with E-state index in [1.54, 1.807) is 0 Å². The van der Waals surface area contributed by atoms with Crippen LogP contribution in [0.3, 0.4) is 0 Å². The summed E-state index contributed by atoms with van der Waals surface area (Å²) in [4.78, 5) is 9.28. The molecule has 98 valence electrons. The number of hydrogen-bond acceptors (Lipinski definition) is 5. The first-order valence-electron chi connectivity index (χ1n) is 5.50. The van der Waals surface area contributed by atoms with Gasteiger partial charge in [0.05, 0.1) is 0 Å². The van der Waals surface area contributed by atoms with Gasteiger partial charge in [-0.05, 0) is 43.5 Å².